The van der Waals surface area contributed by atoms with E-state index < -0.39 is 59.7 Å². The maximum atomic E-state index is 13.3. The third-order valence-electron chi connectivity index (χ3n) is 6.40. The van der Waals surface area contributed by atoms with Crippen LogP contribution < -0.4 is 38.9 Å². The van der Waals surface area contributed by atoms with Gasteiger partial charge in [-0.1, -0.05) is 32.4 Å². The number of hydrogen-bond donors (Lipinski definition) is 9. The summed E-state index contributed by atoms with van der Waals surface area (Å²) in [4.78, 5) is 66.0. The molecule has 13 N–H and O–H groups in total. The quantitative estimate of drug-likeness (QED) is 0.0533. The van der Waals surface area contributed by atoms with Gasteiger partial charge in [0.05, 0.1) is 6.04 Å². The van der Waals surface area contributed by atoms with Crippen molar-refractivity contribution in [2.75, 3.05) is 6.54 Å². The number of nitrogens with zero attached hydrogens (tertiary/aromatic N) is 1. The zero-order valence-electron chi connectivity index (χ0n) is 23.3. The minimum absolute atomic E-state index is 0.0120. The van der Waals surface area contributed by atoms with Crippen LogP contribution in [0.15, 0.2) is 29.3 Å². The molecular formula is C26H42N8O7. The molecule has 1 aromatic carbocycles. The van der Waals surface area contributed by atoms with Crippen LogP contribution >= 0.6 is 0 Å². The zero-order chi connectivity index (χ0) is 31.1. The Kier molecular flexibility index (Phi) is 14.6. The lowest BCUT2D eigenvalue weighted by molar-refractivity contribution is -0.142. The van der Waals surface area contributed by atoms with Gasteiger partial charge in [-0.15, -0.1) is 0 Å². The molecule has 0 aliphatic heterocycles. The van der Waals surface area contributed by atoms with Gasteiger partial charge in [0.25, 0.3) is 0 Å². The van der Waals surface area contributed by atoms with Gasteiger partial charge < -0.3 is 49.1 Å². The Morgan fingerprint density at radius 2 is 1.51 bits per heavy atom. The van der Waals surface area contributed by atoms with E-state index in [1.165, 1.54) is 24.3 Å². The third kappa shape index (κ3) is 13.0. The second-order valence-electron chi connectivity index (χ2n) is 9.76. The highest BCUT2D eigenvalue weighted by molar-refractivity contribution is 5.94. The molecule has 4 amide bonds. The van der Waals surface area contributed by atoms with Crippen LogP contribution in [0.3, 0.4) is 0 Å². The molecule has 5 atom stereocenters. The second kappa shape index (κ2) is 17.3. The number of guanidine groups is 1. The summed E-state index contributed by atoms with van der Waals surface area (Å²) in [7, 11) is 0. The number of nitrogens with two attached hydrogens (primary N) is 4. The molecule has 228 valence electrons. The average Bonchev–Trinajstić information content (AvgIpc) is 2.91. The second-order valence-corrected chi connectivity index (χ2v) is 9.76. The number of carbonyl (C=O) groups is 5. The Balaban J connectivity index is 3.07. The molecule has 41 heavy (non-hydrogen) atoms. The van der Waals surface area contributed by atoms with E-state index in [9.17, 15) is 34.2 Å². The predicted molar refractivity (Wildman–Crippen MR) is 151 cm³/mol. The van der Waals surface area contributed by atoms with Crippen molar-refractivity contribution in [3.05, 3.63) is 29.8 Å². The fourth-order valence-electron chi connectivity index (χ4n) is 3.77. The van der Waals surface area contributed by atoms with E-state index >= 15 is 0 Å². The predicted octanol–water partition coefficient (Wildman–Crippen LogP) is -1.83. The summed E-state index contributed by atoms with van der Waals surface area (Å²) in [6, 6.07) is 1.19. The van der Waals surface area contributed by atoms with Gasteiger partial charge in [-0.05, 0) is 42.9 Å². The van der Waals surface area contributed by atoms with Crippen molar-refractivity contribution in [2.24, 2.45) is 33.8 Å². The van der Waals surface area contributed by atoms with Crippen molar-refractivity contribution in [2.45, 2.75) is 76.5 Å². The van der Waals surface area contributed by atoms with Crippen LogP contribution in [0.25, 0.3) is 0 Å². The third-order valence-corrected chi connectivity index (χ3v) is 6.40. The lowest BCUT2D eigenvalue weighted by Crippen LogP contribution is -2.58. The van der Waals surface area contributed by atoms with Gasteiger partial charge in [0.1, 0.15) is 23.9 Å². The van der Waals surface area contributed by atoms with Crippen molar-refractivity contribution in [3.8, 4) is 5.75 Å². The van der Waals surface area contributed by atoms with E-state index in [-0.39, 0.29) is 43.9 Å². The first kappa shape index (κ1) is 34.6. The van der Waals surface area contributed by atoms with Gasteiger partial charge in [0, 0.05) is 19.4 Å². The highest BCUT2D eigenvalue weighted by atomic mass is 16.4. The number of amides is 4. The standard InChI is InChI=1S/C26H42N8O7/c1-3-14(2)21(24(39)33-19(25(40)41)13-15-6-8-16(35)9-7-15)34-23(38)18(5-4-12-31-26(29)30)32-22(37)17(27)10-11-20(28)36/h6-9,14,17-19,21,35H,3-5,10-13,27H2,1-2H3,(H2,28,36)(H,32,37)(H,33,39)(H,34,38)(H,40,41)(H4,29,30,31). The normalized spacial score (nSPS) is 14.4. The van der Waals surface area contributed by atoms with Crippen LogP contribution in [-0.4, -0.2) is 76.5 Å². The molecule has 0 bridgehead atoms. The van der Waals surface area contributed by atoms with Crippen molar-refractivity contribution in [3.63, 3.8) is 0 Å². The molecule has 0 fully saturated rings. The number of nitrogens with one attached hydrogen (secondary N) is 3. The number of aliphatic carboxylic acids is 1. The number of carboxylic acid groups (broad SMARTS) is 1. The summed E-state index contributed by atoms with van der Waals surface area (Å²) >= 11 is 0. The molecule has 0 heterocycles. The van der Waals surface area contributed by atoms with E-state index in [4.69, 9.17) is 22.9 Å². The van der Waals surface area contributed by atoms with Crippen molar-refractivity contribution in [1.29, 1.82) is 0 Å². The molecule has 15 nitrogen and oxygen atoms in total. The van der Waals surface area contributed by atoms with E-state index in [1.54, 1.807) is 13.8 Å². The first-order valence-corrected chi connectivity index (χ1v) is 13.3. The Hall–Kier alpha value is -4.40. The first-order chi connectivity index (χ1) is 19.2. The number of phenols is 1. The van der Waals surface area contributed by atoms with E-state index in [0.717, 1.165) is 0 Å². The zero-order valence-corrected chi connectivity index (χ0v) is 23.3. The molecule has 0 aliphatic carbocycles. The van der Waals surface area contributed by atoms with Crippen LogP contribution in [0.5, 0.6) is 5.75 Å². The maximum Gasteiger partial charge on any atom is 0.326 e. The first-order valence-electron chi connectivity index (χ1n) is 13.3. The van der Waals surface area contributed by atoms with Crippen molar-refractivity contribution in [1.82, 2.24) is 16.0 Å². The lowest BCUT2D eigenvalue weighted by Gasteiger charge is -2.28. The highest BCUT2D eigenvalue weighted by Crippen LogP contribution is 2.13. The maximum absolute atomic E-state index is 13.3. The van der Waals surface area contributed by atoms with Crippen LogP contribution in [0, 0.1) is 5.92 Å². The number of aromatic hydroxyl groups is 1. The molecule has 5 unspecified atom stereocenters. The molecule has 0 spiro atoms. The van der Waals surface area contributed by atoms with Gasteiger partial charge in [-0.3, -0.25) is 24.2 Å². The molecule has 0 saturated heterocycles. The number of benzene rings is 1. The van der Waals surface area contributed by atoms with Crippen LogP contribution in [-0.2, 0) is 30.4 Å². The number of primary amides is 1. The van der Waals surface area contributed by atoms with Gasteiger partial charge >= 0.3 is 5.97 Å². The number of carbonyl (C=O) groups excluding carboxylic acids is 4. The highest BCUT2D eigenvalue weighted by Gasteiger charge is 2.32. The van der Waals surface area contributed by atoms with Gasteiger partial charge in [0.2, 0.25) is 23.6 Å². The fourth-order valence-corrected chi connectivity index (χ4v) is 3.77. The van der Waals surface area contributed by atoms with Crippen molar-refractivity contribution < 1.29 is 34.2 Å². The topological polar surface area (TPSA) is 278 Å². The fraction of sp³-hybridized carbons (Fsp3) is 0.538. The van der Waals surface area contributed by atoms with Crippen LogP contribution in [0.4, 0.5) is 0 Å². The van der Waals surface area contributed by atoms with Gasteiger partial charge in [-0.2, -0.15) is 0 Å². The number of rotatable bonds is 18. The monoisotopic (exact) mass is 578 g/mol. The number of carboxylic acids is 1. The number of phenolic OH excluding ortho intramolecular Hbond substituents is 1. The van der Waals surface area contributed by atoms with E-state index in [2.05, 4.69) is 20.9 Å². The molecule has 0 aliphatic rings. The van der Waals surface area contributed by atoms with Gasteiger partial charge in [-0.25, -0.2) is 4.79 Å². The molecule has 0 saturated carbocycles. The SMILES string of the molecule is CCC(C)C(NC(=O)C(CCCN=C(N)N)NC(=O)C(N)CCC(N)=O)C(=O)NC(Cc1ccc(O)cc1)C(=O)O. The summed E-state index contributed by atoms with van der Waals surface area (Å²) in [5.74, 6) is -4.56. The molecule has 0 aromatic heterocycles. The Bertz CT molecular complexity index is 1080. The molecule has 0 radical (unpaired) electrons. The largest absolute Gasteiger partial charge is 0.508 e. The molecular weight excluding hydrogens is 536 g/mol. The molecule has 1 aromatic rings. The summed E-state index contributed by atoms with van der Waals surface area (Å²) < 4.78 is 0. The summed E-state index contributed by atoms with van der Waals surface area (Å²) in [6.07, 6.45) is 0.633. The summed E-state index contributed by atoms with van der Waals surface area (Å²) in [5, 5.41) is 26.8. The Labute approximate surface area is 238 Å². The number of aliphatic imine (C=N–C) groups is 1. The minimum Gasteiger partial charge on any atom is -0.508 e. The van der Waals surface area contributed by atoms with Crippen LogP contribution in [0.2, 0.25) is 0 Å². The lowest BCUT2D eigenvalue weighted by atomic mass is 9.96. The average molecular weight is 579 g/mol. The van der Waals surface area contributed by atoms with E-state index in [0.29, 0.717) is 18.4 Å². The molecule has 15 heteroatoms. The summed E-state index contributed by atoms with van der Waals surface area (Å²) in [5.41, 5.74) is 22.2. The number of hydrogen-bond acceptors (Lipinski definition) is 8. The Morgan fingerprint density at radius 1 is 0.902 bits per heavy atom. The van der Waals surface area contributed by atoms with Gasteiger partial charge in [0.15, 0.2) is 5.96 Å². The molecule has 1 rings (SSSR count). The smallest absolute Gasteiger partial charge is 0.326 e. The van der Waals surface area contributed by atoms with E-state index in [1.807, 2.05) is 0 Å². The van der Waals surface area contributed by atoms with Crippen molar-refractivity contribution >= 4 is 35.6 Å². The summed E-state index contributed by atoms with van der Waals surface area (Å²) in [6.45, 7) is 3.68. The van der Waals surface area contributed by atoms with Crippen LogP contribution in [0.1, 0.15) is 51.5 Å². The Morgan fingerprint density at radius 3 is 2.05 bits per heavy atom. The minimum atomic E-state index is -1.31.